The van der Waals surface area contributed by atoms with Crippen molar-refractivity contribution in [2.24, 2.45) is 4.99 Å². The number of fused-ring (bicyclic) bond motifs is 2. The third-order valence-corrected chi connectivity index (χ3v) is 5.80. The van der Waals surface area contributed by atoms with E-state index in [9.17, 15) is 9.59 Å². The van der Waals surface area contributed by atoms with E-state index in [-0.39, 0.29) is 18.0 Å². The maximum absolute atomic E-state index is 12.7. The third-order valence-electron chi connectivity index (χ3n) is 4.66. The molecule has 2 amide bonds. The minimum Gasteiger partial charge on any atom is -0.444 e. The minimum absolute atomic E-state index is 0.141. The van der Waals surface area contributed by atoms with Gasteiger partial charge < -0.3 is 19.5 Å². The maximum Gasteiger partial charge on any atom is 0.410 e. The fraction of sp³-hybridized carbons (Fsp3) is 0.474. The lowest BCUT2D eigenvalue weighted by Gasteiger charge is -2.38. The van der Waals surface area contributed by atoms with Gasteiger partial charge in [-0.15, -0.1) is 0 Å². The number of H-pyrrole nitrogens is 1. The van der Waals surface area contributed by atoms with E-state index >= 15 is 0 Å². The van der Waals surface area contributed by atoms with Gasteiger partial charge in [-0.3, -0.25) is 4.79 Å². The van der Waals surface area contributed by atoms with Gasteiger partial charge in [0, 0.05) is 43.2 Å². The van der Waals surface area contributed by atoms with Gasteiger partial charge in [0.2, 0.25) is 0 Å². The van der Waals surface area contributed by atoms with Crippen LogP contribution in [0.4, 0.5) is 4.79 Å². The number of carbonyl (C=O) groups is 2. The summed E-state index contributed by atoms with van der Waals surface area (Å²) in [6.07, 6.45) is 3.05. The number of hydrogen-bond acceptors (Lipinski definition) is 5. The highest BCUT2D eigenvalue weighted by Gasteiger charge is 2.38. The van der Waals surface area contributed by atoms with Crippen molar-refractivity contribution in [2.45, 2.75) is 32.4 Å². The molecule has 148 valence electrons. The van der Waals surface area contributed by atoms with Gasteiger partial charge in [-0.25, -0.2) is 9.78 Å². The number of amidine groups is 1. The molecule has 0 spiro atoms. The molecular formula is C19H23N5O3S. The van der Waals surface area contributed by atoms with Crippen LogP contribution in [0.5, 0.6) is 0 Å². The number of nitrogens with zero attached hydrogens (tertiary/aromatic N) is 4. The molecule has 8 nitrogen and oxygen atoms in total. The van der Waals surface area contributed by atoms with Crippen LogP contribution in [0.2, 0.25) is 0 Å². The minimum atomic E-state index is -0.508. The Morgan fingerprint density at radius 1 is 1.36 bits per heavy atom. The number of aromatic nitrogens is 2. The number of nitrogens with one attached hydrogen (secondary N) is 1. The molecule has 2 aliphatic heterocycles. The number of ether oxygens (including phenoxy) is 1. The van der Waals surface area contributed by atoms with Gasteiger partial charge in [0.15, 0.2) is 5.17 Å². The van der Waals surface area contributed by atoms with Crippen LogP contribution in [-0.4, -0.2) is 74.0 Å². The van der Waals surface area contributed by atoms with Gasteiger partial charge in [-0.05, 0) is 32.9 Å². The summed E-state index contributed by atoms with van der Waals surface area (Å²) in [6.45, 7) is 7.36. The molecule has 28 heavy (non-hydrogen) atoms. The Morgan fingerprint density at radius 2 is 2.18 bits per heavy atom. The van der Waals surface area contributed by atoms with Crippen LogP contribution in [0, 0.1) is 0 Å². The standard InChI is InChI=1S/C19H23N5O3S/c1-19(2,3)27-18(26)23-7-8-24-12(10-23)11-28-17(24)22-16(25)14-9-21-15-13(14)5-4-6-20-15/h4-6,9,12H,7-8,10-11H2,1-3H3,(H,20,21). The normalized spacial score (nSPS) is 21.2. The third kappa shape index (κ3) is 3.71. The van der Waals surface area contributed by atoms with Gasteiger partial charge in [0.05, 0.1) is 11.6 Å². The Labute approximate surface area is 167 Å². The lowest BCUT2D eigenvalue weighted by atomic mass is 10.2. The molecule has 4 rings (SSSR count). The molecule has 2 aromatic heterocycles. The summed E-state index contributed by atoms with van der Waals surface area (Å²) < 4.78 is 5.47. The van der Waals surface area contributed by atoms with Crippen molar-refractivity contribution in [3.8, 4) is 0 Å². The molecule has 0 aliphatic carbocycles. The number of amides is 2. The van der Waals surface area contributed by atoms with Crippen LogP contribution in [-0.2, 0) is 4.74 Å². The molecule has 1 N–H and O–H groups in total. The summed E-state index contributed by atoms with van der Waals surface area (Å²) >= 11 is 1.56. The number of hydrogen-bond donors (Lipinski definition) is 1. The zero-order valence-corrected chi connectivity index (χ0v) is 17.0. The van der Waals surface area contributed by atoms with E-state index in [2.05, 4.69) is 19.9 Å². The monoisotopic (exact) mass is 401 g/mol. The number of pyridine rings is 1. The molecular weight excluding hydrogens is 378 g/mol. The SMILES string of the molecule is CC(C)(C)OC(=O)N1CCN2C(=NC(=O)c3c[nH]c4ncccc34)SCC2C1. The van der Waals surface area contributed by atoms with Crippen LogP contribution in [0.25, 0.3) is 11.0 Å². The summed E-state index contributed by atoms with van der Waals surface area (Å²) in [6, 6.07) is 3.80. The summed E-state index contributed by atoms with van der Waals surface area (Å²) in [7, 11) is 0. The molecule has 2 saturated heterocycles. The van der Waals surface area contributed by atoms with E-state index in [0.29, 0.717) is 30.8 Å². The van der Waals surface area contributed by atoms with Crippen molar-refractivity contribution in [1.29, 1.82) is 0 Å². The maximum atomic E-state index is 12.7. The van der Waals surface area contributed by atoms with E-state index in [0.717, 1.165) is 16.3 Å². The fourth-order valence-electron chi connectivity index (χ4n) is 3.37. The lowest BCUT2D eigenvalue weighted by Crippen LogP contribution is -2.54. The number of aliphatic imine (C=N–C) groups is 1. The molecule has 0 aromatic carbocycles. The Balaban J connectivity index is 1.46. The number of aromatic amines is 1. The smallest absolute Gasteiger partial charge is 0.410 e. The molecule has 0 bridgehead atoms. The predicted molar refractivity (Wildman–Crippen MR) is 109 cm³/mol. The second-order valence-electron chi connectivity index (χ2n) is 7.89. The van der Waals surface area contributed by atoms with E-state index < -0.39 is 5.60 Å². The topological polar surface area (TPSA) is 90.9 Å². The van der Waals surface area contributed by atoms with Crippen molar-refractivity contribution >= 4 is 40.0 Å². The van der Waals surface area contributed by atoms with Crippen LogP contribution in [0.15, 0.2) is 29.5 Å². The first-order chi connectivity index (χ1) is 13.3. The zero-order valence-electron chi connectivity index (χ0n) is 16.1. The van der Waals surface area contributed by atoms with Gasteiger partial charge in [0.25, 0.3) is 5.91 Å². The summed E-state index contributed by atoms with van der Waals surface area (Å²) in [5.41, 5.74) is 0.687. The zero-order chi connectivity index (χ0) is 19.9. The first kappa shape index (κ1) is 18.8. The average Bonchev–Trinajstić information content (AvgIpc) is 3.24. The highest BCUT2D eigenvalue weighted by molar-refractivity contribution is 8.14. The Bertz CT molecular complexity index is 948. The molecule has 9 heteroatoms. The molecule has 2 aliphatic rings. The van der Waals surface area contributed by atoms with Crippen molar-refractivity contribution in [3.05, 3.63) is 30.1 Å². The molecule has 1 unspecified atom stereocenters. The summed E-state index contributed by atoms with van der Waals surface area (Å²) in [5, 5.41) is 1.49. The second kappa shape index (κ2) is 7.12. The first-order valence-electron chi connectivity index (χ1n) is 9.24. The number of thioether (sulfide) groups is 1. The second-order valence-corrected chi connectivity index (χ2v) is 8.87. The van der Waals surface area contributed by atoms with Crippen LogP contribution < -0.4 is 0 Å². The van der Waals surface area contributed by atoms with Crippen LogP contribution >= 0.6 is 11.8 Å². The quantitative estimate of drug-likeness (QED) is 0.790. The molecule has 2 fully saturated rings. The Morgan fingerprint density at radius 3 is 2.96 bits per heavy atom. The van der Waals surface area contributed by atoms with Crippen molar-refractivity contribution in [1.82, 2.24) is 19.8 Å². The lowest BCUT2D eigenvalue weighted by molar-refractivity contribution is 0.0143. The van der Waals surface area contributed by atoms with Crippen molar-refractivity contribution in [2.75, 3.05) is 25.4 Å². The van der Waals surface area contributed by atoms with E-state index in [1.54, 1.807) is 35.1 Å². The summed E-state index contributed by atoms with van der Waals surface area (Å²) in [5.74, 6) is 0.512. The molecule has 1 atom stereocenters. The van der Waals surface area contributed by atoms with Gasteiger partial charge in [-0.1, -0.05) is 11.8 Å². The van der Waals surface area contributed by atoms with Gasteiger partial charge in [0.1, 0.15) is 11.2 Å². The van der Waals surface area contributed by atoms with Gasteiger partial charge >= 0.3 is 6.09 Å². The molecule has 4 heterocycles. The number of carbonyl (C=O) groups excluding carboxylic acids is 2. The first-order valence-corrected chi connectivity index (χ1v) is 10.2. The van der Waals surface area contributed by atoms with E-state index in [1.807, 2.05) is 26.8 Å². The van der Waals surface area contributed by atoms with E-state index in [4.69, 9.17) is 4.74 Å². The van der Waals surface area contributed by atoms with Crippen LogP contribution in [0.1, 0.15) is 31.1 Å². The highest BCUT2D eigenvalue weighted by atomic mass is 32.2. The molecule has 2 aromatic rings. The van der Waals surface area contributed by atoms with Crippen molar-refractivity contribution in [3.63, 3.8) is 0 Å². The van der Waals surface area contributed by atoms with E-state index in [1.165, 1.54) is 0 Å². The van der Waals surface area contributed by atoms with Crippen molar-refractivity contribution < 1.29 is 14.3 Å². The largest absolute Gasteiger partial charge is 0.444 e. The summed E-state index contributed by atoms with van der Waals surface area (Å²) in [4.78, 5) is 40.5. The predicted octanol–water partition coefficient (Wildman–Crippen LogP) is 2.73. The average molecular weight is 401 g/mol. The number of piperazine rings is 1. The van der Waals surface area contributed by atoms with Crippen LogP contribution in [0.3, 0.4) is 0 Å². The van der Waals surface area contributed by atoms with Gasteiger partial charge in [-0.2, -0.15) is 4.99 Å². The molecule has 0 saturated carbocycles. The Hall–Kier alpha value is -2.55. The molecule has 0 radical (unpaired) electrons. The number of rotatable bonds is 1. The Kier molecular flexibility index (Phi) is 4.78. The highest BCUT2D eigenvalue weighted by Crippen LogP contribution is 2.29. The fourth-order valence-corrected chi connectivity index (χ4v) is 4.55.